The highest BCUT2D eigenvalue weighted by Crippen LogP contribution is 2.34. The van der Waals surface area contributed by atoms with E-state index >= 15 is 0 Å². The van der Waals surface area contributed by atoms with Crippen molar-refractivity contribution in [1.29, 1.82) is 0 Å². The average Bonchev–Trinajstić information content (AvgIpc) is 3.36. The molecule has 0 saturated carbocycles. The second kappa shape index (κ2) is 8.07. The molecule has 0 radical (unpaired) electrons. The van der Waals surface area contributed by atoms with Crippen molar-refractivity contribution in [2.75, 3.05) is 13.7 Å². The molecule has 5 nitrogen and oxygen atoms in total. The van der Waals surface area contributed by atoms with Crippen LogP contribution in [-0.2, 0) is 6.42 Å². The highest BCUT2D eigenvalue weighted by molar-refractivity contribution is 6.30. The first-order chi connectivity index (χ1) is 13.7. The van der Waals surface area contributed by atoms with Gasteiger partial charge in [0, 0.05) is 18.0 Å². The van der Waals surface area contributed by atoms with Crippen molar-refractivity contribution in [3.8, 4) is 5.75 Å². The number of ether oxygens (including phenoxy) is 1. The summed E-state index contributed by atoms with van der Waals surface area (Å²) in [5.74, 6) is 1.85. The second-order valence-electron chi connectivity index (χ2n) is 6.83. The van der Waals surface area contributed by atoms with Gasteiger partial charge in [0.25, 0.3) is 5.91 Å². The number of likely N-dealkylation sites (tertiary alicyclic amines) is 1. The Morgan fingerprint density at radius 2 is 2.14 bits per heavy atom. The molecule has 0 aliphatic carbocycles. The summed E-state index contributed by atoms with van der Waals surface area (Å²) in [5.41, 5.74) is 1.62. The van der Waals surface area contributed by atoms with Crippen molar-refractivity contribution >= 4 is 17.5 Å². The minimum absolute atomic E-state index is 0.0606. The van der Waals surface area contributed by atoms with E-state index in [4.69, 9.17) is 20.8 Å². The van der Waals surface area contributed by atoms with Crippen LogP contribution in [0.5, 0.6) is 5.75 Å². The van der Waals surface area contributed by atoms with E-state index in [1.54, 1.807) is 25.4 Å². The van der Waals surface area contributed by atoms with E-state index in [-0.39, 0.29) is 11.9 Å². The topological polar surface area (TPSA) is 55.6 Å². The highest BCUT2D eigenvalue weighted by atomic mass is 35.5. The van der Waals surface area contributed by atoms with Gasteiger partial charge in [0.05, 0.1) is 18.9 Å². The Balaban J connectivity index is 1.54. The van der Waals surface area contributed by atoms with Crippen LogP contribution in [0.3, 0.4) is 0 Å². The lowest BCUT2D eigenvalue weighted by atomic mass is 10.1. The molecule has 2 aromatic carbocycles. The molecule has 1 amide bonds. The van der Waals surface area contributed by atoms with E-state index in [0.717, 1.165) is 24.2 Å². The van der Waals surface area contributed by atoms with E-state index in [9.17, 15) is 4.79 Å². The van der Waals surface area contributed by atoms with Gasteiger partial charge in [0.1, 0.15) is 17.6 Å². The minimum Gasteiger partial charge on any atom is -0.496 e. The lowest BCUT2D eigenvalue weighted by molar-refractivity contribution is 0.0711. The maximum absolute atomic E-state index is 13.1. The number of rotatable bonds is 5. The Bertz CT molecular complexity index is 985. The SMILES string of the molecule is COc1ccccc1C(=O)N1CCC[C@H]1c1ncc(Cc2cccc(Cl)c2)o1. The smallest absolute Gasteiger partial charge is 0.258 e. The molecule has 0 unspecified atom stereocenters. The van der Waals surface area contributed by atoms with Gasteiger partial charge in [-0.25, -0.2) is 4.98 Å². The molecule has 1 atom stereocenters. The van der Waals surface area contributed by atoms with Crippen molar-refractivity contribution in [2.45, 2.75) is 25.3 Å². The maximum Gasteiger partial charge on any atom is 0.258 e. The van der Waals surface area contributed by atoms with Crippen molar-refractivity contribution in [2.24, 2.45) is 0 Å². The summed E-state index contributed by atoms with van der Waals surface area (Å²) >= 11 is 6.06. The molecule has 144 valence electrons. The third-order valence-corrected chi connectivity index (χ3v) is 5.21. The van der Waals surface area contributed by atoms with Gasteiger partial charge in [-0.3, -0.25) is 4.79 Å². The Kier molecular flexibility index (Phi) is 5.35. The predicted octanol–water partition coefficient (Wildman–Crippen LogP) is 4.90. The van der Waals surface area contributed by atoms with Gasteiger partial charge in [-0.1, -0.05) is 35.9 Å². The Hall–Kier alpha value is -2.79. The van der Waals surface area contributed by atoms with E-state index in [1.807, 2.05) is 41.3 Å². The molecule has 0 spiro atoms. The van der Waals surface area contributed by atoms with Crippen molar-refractivity contribution in [1.82, 2.24) is 9.88 Å². The number of carbonyl (C=O) groups excluding carboxylic acids is 1. The van der Waals surface area contributed by atoms with Crippen LogP contribution >= 0.6 is 11.6 Å². The molecule has 0 N–H and O–H groups in total. The van der Waals surface area contributed by atoms with Crippen LogP contribution in [0.2, 0.25) is 5.02 Å². The van der Waals surface area contributed by atoms with E-state index in [0.29, 0.717) is 35.2 Å². The number of benzene rings is 2. The maximum atomic E-state index is 13.1. The van der Waals surface area contributed by atoms with Gasteiger partial charge in [0.15, 0.2) is 0 Å². The van der Waals surface area contributed by atoms with Gasteiger partial charge < -0.3 is 14.1 Å². The fourth-order valence-corrected chi connectivity index (χ4v) is 3.86. The molecule has 1 fully saturated rings. The molecule has 1 aromatic heterocycles. The van der Waals surface area contributed by atoms with E-state index in [2.05, 4.69) is 4.98 Å². The number of oxazole rings is 1. The number of halogens is 1. The number of carbonyl (C=O) groups is 1. The number of methoxy groups -OCH3 is 1. The molecular formula is C22H21ClN2O3. The zero-order chi connectivity index (χ0) is 19.5. The summed E-state index contributed by atoms with van der Waals surface area (Å²) in [6.45, 7) is 0.674. The summed E-state index contributed by atoms with van der Waals surface area (Å²) < 4.78 is 11.4. The average molecular weight is 397 g/mol. The summed E-state index contributed by atoms with van der Waals surface area (Å²) in [6, 6.07) is 14.8. The second-order valence-corrected chi connectivity index (χ2v) is 7.26. The molecule has 1 aliphatic heterocycles. The summed E-state index contributed by atoms with van der Waals surface area (Å²) in [5, 5.41) is 0.696. The Labute approximate surface area is 168 Å². The van der Waals surface area contributed by atoms with Crippen LogP contribution in [0, 0.1) is 0 Å². The number of hydrogen-bond donors (Lipinski definition) is 0. The van der Waals surface area contributed by atoms with Gasteiger partial charge in [0.2, 0.25) is 5.89 Å². The molecule has 1 aliphatic rings. The normalized spacial score (nSPS) is 16.4. The summed E-state index contributed by atoms with van der Waals surface area (Å²) in [6.07, 6.45) is 4.09. The minimum atomic E-state index is -0.162. The van der Waals surface area contributed by atoms with Gasteiger partial charge in [-0.2, -0.15) is 0 Å². The van der Waals surface area contributed by atoms with E-state index < -0.39 is 0 Å². The van der Waals surface area contributed by atoms with Crippen LogP contribution < -0.4 is 4.74 Å². The molecule has 4 rings (SSSR count). The molecule has 6 heteroatoms. The van der Waals surface area contributed by atoms with Crippen molar-refractivity contribution in [3.63, 3.8) is 0 Å². The Morgan fingerprint density at radius 1 is 1.29 bits per heavy atom. The molecule has 0 bridgehead atoms. The number of nitrogens with zero attached hydrogens (tertiary/aromatic N) is 2. The third kappa shape index (κ3) is 3.76. The zero-order valence-electron chi connectivity index (χ0n) is 15.6. The lowest BCUT2D eigenvalue weighted by Crippen LogP contribution is -2.31. The lowest BCUT2D eigenvalue weighted by Gasteiger charge is -2.23. The van der Waals surface area contributed by atoms with Crippen LogP contribution in [0.25, 0.3) is 0 Å². The first kappa shape index (κ1) is 18.6. The summed E-state index contributed by atoms with van der Waals surface area (Å²) in [4.78, 5) is 19.4. The van der Waals surface area contributed by atoms with Gasteiger partial charge in [-0.05, 0) is 42.7 Å². The van der Waals surface area contributed by atoms with Crippen LogP contribution in [-0.4, -0.2) is 29.4 Å². The monoisotopic (exact) mass is 396 g/mol. The molecular weight excluding hydrogens is 376 g/mol. The van der Waals surface area contributed by atoms with Crippen LogP contribution in [0.4, 0.5) is 0 Å². The van der Waals surface area contributed by atoms with Gasteiger partial charge in [-0.15, -0.1) is 0 Å². The zero-order valence-corrected chi connectivity index (χ0v) is 16.4. The predicted molar refractivity (Wildman–Crippen MR) is 107 cm³/mol. The molecule has 1 saturated heterocycles. The number of amides is 1. The van der Waals surface area contributed by atoms with E-state index in [1.165, 1.54) is 0 Å². The summed E-state index contributed by atoms with van der Waals surface area (Å²) in [7, 11) is 1.57. The first-order valence-electron chi connectivity index (χ1n) is 9.28. The Morgan fingerprint density at radius 3 is 2.96 bits per heavy atom. The highest BCUT2D eigenvalue weighted by Gasteiger charge is 2.34. The molecule has 28 heavy (non-hydrogen) atoms. The van der Waals surface area contributed by atoms with Crippen molar-refractivity contribution < 1.29 is 13.9 Å². The van der Waals surface area contributed by atoms with Crippen LogP contribution in [0.15, 0.2) is 59.1 Å². The fraction of sp³-hybridized carbons (Fsp3) is 0.273. The first-order valence-corrected chi connectivity index (χ1v) is 9.66. The number of aromatic nitrogens is 1. The van der Waals surface area contributed by atoms with Crippen LogP contribution in [0.1, 0.15) is 46.5 Å². The molecule has 3 aromatic rings. The number of hydrogen-bond acceptors (Lipinski definition) is 4. The molecule has 2 heterocycles. The largest absolute Gasteiger partial charge is 0.496 e. The quantitative estimate of drug-likeness (QED) is 0.615. The van der Waals surface area contributed by atoms with Crippen molar-refractivity contribution in [3.05, 3.63) is 82.5 Å². The fourth-order valence-electron chi connectivity index (χ4n) is 3.65. The standard InChI is InChI=1S/C22H21ClN2O3/c1-27-20-10-3-2-8-18(20)22(26)25-11-5-9-19(25)21-24-14-17(28-21)13-15-6-4-7-16(23)12-15/h2-4,6-8,10,12,14,19H,5,9,11,13H2,1H3/t19-/m0/s1. The number of para-hydroxylation sites is 1. The van der Waals surface area contributed by atoms with Gasteiger partial charge >= 0.3 is 0 Å². The third-order valence-electron chi connectivity index (χ3n) is 4.97.